The van der Waals surface area contributed by atoms with Gasteiger partial charge in [0, 0.05) is 12.1 Å². The van der Waals surface area contributed by atoms with Crippen LogP contribution in [0.1, 0.15) is 36.6 Å². The smallest absolute Gasteiger partial charge is 0.338 e. The van der Waals surface area contributed by atoms with Crippen molar-refractivity contribution < 1.29 is 23.5 Å². The first kappa shape index (κ1) is 22.3. The molecule has 3 rings (SSSR count). The lowest BCUT2D eigenvalue weighted by molar-refractivity contribution is -0.139. The highest BCUT2D eigenvalue weighted by Gasteiger charge is 2.39. The van der Waals surface area contributed by atoms with Gasteiger partial charge in [0.15, 0.2) is 0 Å². The zero-order valence-corrected chi connectivity index (χ0v) is 18.2. The number of benzene rings is 2. The van der Waals surface area contributed by atoms with Gasteiger partial charge >= 0.3 is 12.0 Å². The zero-order valence-electron chi connectivity index (χ0n) is 18.2. The van der Waals surface area contributed by atoms with E-state index in [1.807, 2.05) is 32.0 Å². The Balaban J connectivity index is 2.08. The lowest BCUT2D eigenvalue weighted by Crippen LogP contribution is -2.49. The summed E-state index contributed by atoms with van der Waals surface area (Å²) in [6, 6.07) is 10.3. The van der Waals surface area contributed by atoms with Crippen molar-refractivity contribution in [3.05, 3.63) is 76.2 Å². The zero-order chi connectivity index (χ0) is 22.5. The van der Waals surface area contributed by atoms with E-state index < -0.39 is 23.9 Å². The van der Waals surface area contributed by atoms with E-state index in [-0.39, 0.29) is 24.4 Å². The van der Waals surface area contributed by atoms with E-state index in [2.05, 4.69) is 5.32 Å². The molecular formula is C24H27FN2O4. The molecule has 0 saturated carbocycles. The van der Waals surface area contributed by atoms with E-state index in [1.54, 1.807) is 32.0 Å². The van der Waals surface area contributed by atoms with Gasteiger partial charge in [0.05, 0.1) is 23.9 Å². The van der Waals surface area contributed by atoms with Crippen LogP contribution >= 0.6 is 0 Å². The van der Waals surface area contributed by atoms with Gasteiger partial charge in [-0.3, -0.25) is 4.90 Å². The predicted octanol–water partition coefficient (Wildman–Crippen LogP) is 4.42. The molecule has 1 aliphatic rings. The number of rotatable bonds is 7. The van der Waals surface area contributed by atoms with Crippen LogP contribution in [0.3, 0.4) is 0 Å². The van der Waals surface area contributed by atoms with Gasteiger partial charge in [-0.15, -0.1) is 0 Å². The second-order valence-electron chi connectivity index (χ2n) is 7.26. The highest BCUT2D eigenvalue weighted by molar-refractivity contribution is 5.95. The number of carbonyl (C=O) groups is 2. The fourth-order valence-corrected chi connectivity index (χ4v) is 3.54. The summed E-state index contributed by atoms with van der Waals surface area (Å²) in [4.78, 5) is 27.2. The Morgan fingerprint density at radius 3 is 2.52 bits per heavy atom. The van der Waals surface area contributed by atoms with Gasteiger partial charge in [-0.1, -0.05) is 24.3 Å². The first-order valence-electron chi connectivity index (χ1n) is 10.3. The monoisotopic (exact) mass is 426 g/mol. The number of hydrogen-bond acceptors (Lipinski definition) is 4. The number of hydrogen-bond donors (Lipinski definition) is 1. The summed E-state index contributed by atoms with van der Waals surface area (Å²) in [6.45, 7) is 7.89. The molecule has 0 saturated heterocycles. The van der Waals surface area contributed by atoms with Crippen LogP contribution in [0, 0.1) is 19.7 Å². The molecule has 164 valence electrons. The molecule has 0 unspecified atom stereocenters. The number of carbonyl (C=O) groups excluding carboxylic acids is 2. The quantitative estimate of drug-likeness (QED) is 0.666. The molecule has 0 fully saturated rings. The Hall–Kier alpha value is -3.35. The molecule has 2 amide bonds. The van der Waals surface area contributed by atoms with Crippen LogP contribution in [0.25, 0.3) is 0 Å². The maximum absolute atomic E-state index is 14.6. The Kier molecular flexibility index (Phi) is 6.95. The van der Waals surface area contributed by atoms with Crippen LogP contribution in [0.5, 0.6) is 5.75 Å². The minimum absolute atomic E-state index is 0.0388. The van der Waals surface area contributed by atoms with Gasteiger partial charge in [-0.2, -0.15) is 0 Å². The molecule has 0 spiro atoms. The fourth-order valence-electron chi connectivity index (χ4n) is 3.54. The van der Waals surface area contributed by atoms with Gasteiger partial charge in [0.2, 0.25) is 0 Å². The predicted molar refractivity (Wildman–Crippen MR) is 115 cm³/mol. The summed E-state index contributed by atoms with van der Waals surface area (Å²) < 4.78 is 25.8. The average Bonchev–Trinajstić information content (AvgIpc) is 2.74. The maximum Gasteiger partial charge on any atom is 0.338 e. The number of ether oxygens (including phenoxy) is 2. The number of amides is 2. The number of nitrogens with one attached hydrogen (secondary N) is 1. The van der Waals surface area contributed by atoms with Crippen LogP contribution in [0.15, 0.2) is 53.7 Å². The molecule has 0 bridgehead atoms. The minimum atomic E-state index is -0.978. The van der Waals surface area contributed by atoms with Gasteiger partial charge in [0.1, 0.15) is 18.2 Å². The molecule has 1 heterocycles. The summed E-state index contributed by atoms with van der Waals surface area (Å²) in [5, 5.41) is 2.74. The number of nitrogens with zero attached hydrogens (tertiary/aromatic N) is 1. The molecule has 31 heavy (non-hydrogen) atoms. The molecule has 2 aromatic carbocycles. The standard InChI is InChI=1S/C24H27FN2O4/c1-5-27-20(14-31-17-12-11-15(3)16(4)13-17)21(23(28)30-6-2)22(26-24(27)29)18-9-7-8-10-19(18)25/h7-13,22H,5-6,14H2,1-4H3,(H,26,29)/t22-/m1/s1. The van der Waals surface area contributed by atoms with E-state index in [9.17, 15) is 14.0 Å². The maximum atomic E-state index is 14.6. The van der Waals surface area contributed by atoms with Crippen LogP contribution < -0.4 is 10.1 Å². The van der Waals surface area contributed by atoms with E-state index in [1.165, 1.54) is 11.0 Å². The van der Waals surface area contributed by atoms with E-state index in [0.29, 0.717) is 18.0 Å². The normalized spacial score (nSPS) is 16.2. The lowest BCUT2D eigenvalue weighted by Gasteiger charge is -2.36. The van der Waals surface area contributed by atoms with Crippen LogP contribution in [0.4, 0.5) is 9.18 Å². The van der Waals surface area contributed by atoms with Gasteiger partial charge in [0.25, 0.3) is 0 Å². The summed E-state index contributed by atoms with van der Waals surface area (Å²) in [5.41, 5.74) is 2.91. The van der Waals surface area contributed by atoms with Crippen molar-refractivity contribution in [2.24, 2.45) is 0 Å². The first-order valence-corrected chi connectivity index (χ1v) is 10.3. The Bertz CT molecular complexity index is 1020. The molecule has 6 nitrogen and oxygen atoms in total. The van der Waals surface area contributed by atoms with Crippen molar-refractivity contribution >= 4 is 12.0 Å². The Morgan fingerprint density at radius 2 is 1.87 bits per heavy atom. The van der Waals surface area contributed by atoms with Crippen molar-refractivity contribution in [3.63, 3.8) is 0 Å². The second kappa shape index (κ2) is 9.64. The number of halogens is 1. The fraction of sp³-hybridized carbons (Fsp3) is 0.333. The van der Waals surface area contributed by atoms with Crippen LogP contribution in [-0.4, -0.2) is 36.7 Å². The first-order chi connectivity index (χ1) is 14.9. The lowest BCUT2D eigenvalue weighted by atomic mass is 9.94. The van der Waals surface area contributed by atoms with Crippen molar-refractivity contribution in [3.8, 4) is 5.75 Å². The van der Waals surface area contributed by atoms with Crippen LogP contribution in [0.2, 0.25) is 0 Å². The largest absolute Gasteiger partial charge is 0.487 e. The van der Waals surface area contributed by atoms with Crippen molar-refractivity contribution in [1.82, 2.24) is 10.2 Å². The summed E-state index contributed by atoms with van der Waals surface area (Å²) in [6.07, 6.45) is 0. The number of likely N-dealkylation sites (N-methyl/N-ethyl adjacent to an activating group) is 1. The number of esters is 1. The Labute approximate surface area is 181 Å². The second-order valence-corrected chi connectivity index (χ2v) is 7.26. The molecule has 0 radical (unpaired) electrons. The minimum Gasteiger partial charge on any atom is -0.487 e. The molecule has 0 aliphatic carbocycles. The van der Waals surface area contributed by atoms with Gasteiger partial charge in [-0.05, 0) is 57.0 Å². The van der Waals surface area contributed by atoms with E-state index >= 15 is 0 Å². The summed E-state index contributed by atoms with van der Waals surface area (Å²) in [5.74, 6) is -0.523. The average molecular weight is 426 g/mol. The van der Waals surface area contributed by atoms with Gasteiger partial charge in [-0.25, -0.2) is 14.0 Å². The van der Waals surface area contributed by atoms with Crippen LogP contribution in [-0.2, 0) is 9.53 Å². The third-order valence-corrected chi connectivity index (χ3v) is 5.32. The molecule has 1 aliphatic heterocycles. The highest BCUT2D eigenvalue weighted by atomic mass is 19.1. The van der Waals surface area contributed by atoms with E-state index in [0.717, 1.165) is 11.1 Å². The van der Waals surface area contributed by atoms with E-state index in [4.69, 9.17) is 9.47 Å². The van der Waals surface area contributed by atoms with Crippen molar-refractivity contribution in [2.45, 2.75) is 33.7 Å². The van der Waals surface area contributed by atoms with Crippen molar-refractivity contribution in [1.29, 1.82) is 0 Å². The SMILES string of the molecule is CCOC(=O)C1=C(COc2ccc(C)c(C)c2)N(CC)C(=O)N[C@@H]1c1ccccc1F. The number of urea groups is 1. The topological polar surface area (TPSA) is 67.9 Å². The molecule has 1 N–H and O–H groups in total. The Morgan fingerprint density at radius 1 is 1.13 bits per heavy atom. The molecule has 0 aromatic heterocycles. The molecular weight excluding hydrogens is 399 g/mol. The molecule has 2 aromatic rings. The molecule has 7 heteroatoms. The third kappa shape index (κ3) is 4.71. The molecule has 1 atom stereocenters. The summed E-state index contributed by atoms with van der Waals surface area (Å²) >= 11 is 0. The highest BCUT2D eigenvalue weighted by Crippen LogP contribution is 2.33. The van der Waals surface area contributed by atoms with Gasteiger partial charge < -0.3 is 14.8 Å². The summed E-state index contributed by atoms with van der Waals surface area (Å²) in [7, 11) is 0. The third-order valence-electron chi connectivity index (χ3n) is 5.32. The van der Waals surface area contributed by atoms with Crippen molar-refractivity contribution in [2.75, 3.05) is 19.8 Å². The number of aryl methyl sites for hydroxylation is 2.